The predicted molar refractivity (Wildman–Crippen MR) is 35.5 cm³/mol. The maximum Gasteiger partial charge on any atom is 0.175 e. The third-order valence-electron chi connectivity index (χ3n) is 1.19. The number of nitriles is 1. The minimum absolute atomic E-state index is 0.0542. The normalized spacial score (nSPS) is 8.80. The maximum atomic E-state index is 10.6. The summed E-state index contributed by atoms with van der Waals surface area (Å²) in [6.07, 6.45) is 1.51. The fourth-order valence-corrected chi connectivity index (χ4v) is 0.662. The second-order valence-electron chi connectivity index (χ2n) is 1.97. The zero-order chi connectivity index (χ0) is 7.56. The van der Waals surface area contributed by atoms with E-state index in [-0.39, 0.29) is 5.78 Å². The van der Waals surface area contributed by atoms with Crippen molar-refractivity contribution >= 4 is 5.78 Å². The second kappa shape index (κ2) is 2.36. The van der Waals surface area contributed by atoms with Crippen molar-refractivity contribution in [1.29, 1.82) is 5.26 Å². The summed E-state index contributed by atoms with van der Waals surface area (Å²) in [5, 5.41) is 8.35. The van der Waals surface area contributed by atoms with Gasteiger partial charge >= 0.3 is 0 Å². The lowest BCUT2D eigenvalue weighted by atomic mass is 10.3. The van der Waals surface area contributed by atoms with E-state index < -0.39 is 0 Å². The third kappa shape index (κ3) is 1.06. The highest BCUT2D eigenvalue weighted by atomic mass is 16.1. The molecule has 0 radical (unpaired) electrons. The Hall–Kier alpha value is -1.56. The average Bonchev–Trinajstić information content (AvgIpc) is 2.34. The Morgan fingerprint density at radius 1 is 1.80 bits per heavy atom. The molecule has 3 nitrogen and oxygen atoms in total. The van der Waals surface area contributed by atoms with E-state index in [2.05, 4.69) is 4.98 Å². The molecular formula is C7H6N2O. The second-order valence-corrected chi connectivity index (χ2v) is 1.97. The van der Waals surface area contributed by atoms with E-state index in [4.69, 9.17) is 5.26 Å². The minimum Gasteiger partial charge on any atom is -0.358 e. The van der Waals surface area contributed by atoms with Gasteiger partial charge in [0.15, 0.2) is 5.78 Å². The summed E-state index contributed by atoms with van der Waals surface area (Å²) in [5.74, 6) is -0.0542. The zero-order valence-corrected chi connectivity index (χ0v) is 5.51. The van der Waals surface area contributed by atoms with Crippen molar-refractivity contribution in [2.24, 2.45) is 0 Å². The molecule has 1 rings (SSSR count). The molecule has 0 bridgehead atoms. The van der Waals surface area contributed by atoms with Crippen LogP contribution in [0.1, 0.15) is 23.0 Å². The number of hydrogen-bond acceptors (Lipinski definition) is 2. The van der Waals surface area contributed by atoms with Gasteiger partial charge in [0.05, 0.1) is 11.3 Å². The summed E-state index contributed by atoms with van der Waals surface area (Å²) in [5.41, 5.74) is 0.974. The molecule has 0 aliphatic heterocycles. The molecule has 1 aromatic heterocycles. The molecule has 0 unspecified atom stereocenters. The SMILES string of the molecule is CC(=O)c1cc(C#N)c[nH]1. The van der Waals surface area contributed by atoms with E-state index in [1.807, 2.05) is 6.07 Å². The number of hydrogen-bond donors (Lipinski definition) is 1. The van der Waals surface area contributed by atoms with Gasteiger partial charge in [0.1, 0.15) is 6.07 Å². The number of nitrogens with one attached hydrogen (secondary N) is 1. The van der Waals surface area contributed by atoms with Crippen LogP contribution in [0.3, 0.4) is 0 Å². The molecule has 0 aliphatic carbocycles. The molecule has 0 saturated heterocycles. The van der Waals surface area contributed by atoms with Crippen molar-refractivity contribution in [1.82, 2.24) is 4.98 Å². The molecule has 1 aromatic rings. The number of Topliss-reactive ketones (excluding diaryl/α,β-unsaturated/α-hetero) is 1. The van der Waals surface area contributed by atoms with E-state index in [1.54, 1.807) is 0 Å². The summed E-state index contributed by atoms with van der Waals surface area (Å²) in [6.45, 7) is 1.45. The summed E-state index contributed by atoms with van der Waals surface area (Å²) >= 11 is 0. The van der Waals surface area contributed by atoms with Crippen molar-refractivity contribution in [2.45, 2.75) is 6.92 Å². The molecule has 0 aliphatic rings. The molecule has 1 heterocycles. The minimum atomic E-state index is -0.0542. The Morgan fingerprint density at radius 2 is 2.50 bits per heavy atom. The van der Waals surface area contributed by atoms with Crippen LogP contribution in [0.25, 0.3) is 0 Å². The number of aromatic nitrogens is 1. The smallest absolute Gasteiger partial charge is 0.175 e. The van der Waals surface area contributed by atoms with Gasteiger partial charge in [-0.05, 0) is 6.07 Å². The quantitative estimate of drug-likeness (QED) is 0.584. The monoisotopic (exact) mass is 134 g/mol. The van der Waals surface area contributed by atoms with E-state index in [1.165, 1.54) is 19.2 Å². The number of ketones is 1. The molecule has 1 N–H and O–H groups in total. The van der Waals surface area contributed by atoms with Crippen molar-refractivity contribution in [2.75, 3.05) is 0 Å². The van der Waals surface area contributed by atoms with Gasteiger partial charge in [-0.2, -0.15) is 5.26 Å². The van der Waals surface area contributed by atoms with Gasteiger partial charge in [-0.25, -0.2) is 0 Å². The van der Waals surface area contributed by atoms with Crippen LogP contribution in [0.15, 0.2) is 12.3 Å². The van der Waals surface area contributed by atoms with Crippen molar-refractivity contribution in [3.8, 4) is 6.07 Å². The largest absolute Gasteiger partial charge is 0.358 e. The van der Waals surface area contributed by atoms with Crippen LogP contribution in [0.2, 0.25) is 0 Å². The summed E-state index contributed by atoms with van der Waals surface area (Å²) in [4.78, 5) is 13.3. The first-order chi connectivity index (χ1) is 4.74. The van der Waals surface area contributed by atoms with Gasteiger partial charge in [0.2, 0.25) is 0 Å². The van der Waals surface area contributed by atoms with E-state index in [0.717, 1.165) is 0 Å². The molecule has 0 aromatic carbocycles. The van der Waals surface area contributed by atoms with E-state index >= 15 is 0 Å². The van der Waals surface area contributed by atoms with Crippen LogP contribution in [-0.4, -0.2) is 10.8 Å². The highest BCUT2D eigenvalue weighted by Crippen LogP contribution is 2.01. The van der Waals surface area contributed by atoms with Gasteiger partial charge < -0.3 is 4.98 Å². The summed E-state index contributed by atoms with van der Waals surface area (Å²) in [7, 11) is 0. The number of carbonyl (C=O) groups excluding carboxylic acids is 1. The van der Waals surface area contributed by atoms with E-state index in [9.17, 15) is 4.79 Å². The molecule has 0 fully saturated rings. The Morgan fingerprint density at radius 3 is 2.80 bits per heavy atom. The van der Waals surface area contributed by atoms with Crippen LogP contribution < -0.4 is 0 Å². The van der Waals surface area contributed by atoms with Crippen LogP contribution in [0.5, 0.6) is 0 Å². The van der Waals surface area contributed by atoms with Crippen LogP contribution in [0.4, 0.5) is 0 Å². The lowest BCUT2D eigenvalue weighted by molar-refractivity contribution is 0.101. The number of nitrogens with zero attached hydrogens (tertiary/aromatic N) is 1. The summed E-state index contributed by atoms with van der Waals surface area (Å²) in [6, 6.07) is 3.45. The molecule has 0 atom stereocenters. The van der Waals surface area contributed by atoms with Crippen LogP contribution in [0, 0.1) is 11.3 Å². The predicted octanol–water partition coefficient (Wildman–Crippen LogP) is 1.09. The number of rotatable bonds is 1. The van der Waals surface area contributed by atoms with Crippen molar-refractivity contribution in [3.63, 3.8) is 0 Å². The third-order valence-corrected chi connectivity index (χ3v) is 1.19. The Balaban J connectivity index is 3.02. The first-order valence-electron chi connectivity index (χ1n) is 2.83. The van der Waals surface area contributed by atoms with Crippen LogP contribution in [-0.2, 0) is 0 Å². The van der Waals surface area contributed by atoms with E-state index in [0.29, 0.717) is 11.3 Å². The Kier molecular flexibility index (Phi) is 1.55. The van der Waals surface area contributed by atoms with Crippen molar-refractivity contribution in [3.05, 3.63) is 23.5 Å². The molecule has 3 heteroatoms. The topological polar surface area (TPSA) is 56.6 Å². The molecule has 10 heavy (non-hydrogen) atoms. The zero-order valence-electron chi connectivity index (χ0n) is 5.51. The standard InChI is InChI=1S/C7H6N2O/c1-5(10)7-2-6(3-8)4-9-7/h2,4,9H,1H3. The molecular weight excluding hydrogens is 128 g/mol. The first kappa shape index (κ1) is 6.56. The fraction of sp³-hybridized carbons (Fsp3) is 0.143. The van der Waals surface area contributed by atoms with Gasteiger partial charge in [0.25, 0.3) is 0 Å². The van der Waals surface area contributed by atoms with Crippen molar-refractivity contribution < 1.29 is 4.79 Å². The lowest BCUT2D eigenvalue weighted by Gasteiger charge is -1.82. The van der Waals surface area contributed by atoms with Gasteiger partial charge in [-0.15, -0.1) is 0 Å². The fourth-order valence-electron chi connectivity index (χ4n) is 0.662. The Labute approximate surface area is 58.3 Å². The van der Waals surface area contributed by atoms with Gasteiger partial charge in [0, 0.05) is 13.1 Å². The maximum absolute atomic E-state index is 10.6. The lowest BCUT2D eigenvalue weighted by Crippen LogP contribution is -1.89. The average molecular weight is 134 g/mol. The number of aromatic amines is 1. The van der Waals surface area contributed by atoms with Gasteiger partial charge in [-0.3, -0.25) is 4.79 Å². The highest BCUT2D eigenvalue weighted by Gasteiger charge is 2.00. The Bertz CT molecular complexity index is 293. The number of H-pyrrole nitrogens is 1. The van der Waals surface area contributed by atoms with Gasteiger partial charge in [-0.1, -0.05) is 0 Å². The van der Waals surface area contributed by atoms with Crippen LogP contribution >= 0.6 is 0 Å². The highest BCUT2D eigenvalue weighted by molar-refractivity contribution is 5.92. The molecule has 0 amide bonds. The molecule has 50 valence electrons. The number of carbonyl (C=O) groups is 1. The molecule has 0 saturated carbocycles. The first-order valence-corrected chi connectivity index (χ1v) is 2.83. The summed E-state index contributed by atoms with van der Waals surface area (Å²) < 4.78 is 0. The molecule has 0 spiro atoms.